The Balaban J connectivity index is 1.79. The summed E-state index contributed by atoms with van der Waals surface area (Å²) in [5, 5.41) is 1.19. The molecular weight excluding hydrogens is 256 g/mol. The fraction of sp³-hybridized carbons (Fsp3) is 0.105. The molecule has 21 heavy (non-hydrogen) atoms. The Bertz CT molecular complexity index is 849. The summed E-state index contributed by atoms with van der Waals surface area (Å²) in [4.78, 5) is 7.00. The Morgan fingerprint density at radius 2 is 1.71 bits per heavy atom. The maximum absolute atomic E-state index is 4.81. The minimum Gasteiger partial charge on any atom is -0.350 e. The van der Waals surface area contributed by atoms with E-state index in [1.807, 2.05) is 12.1 Å². The highest BCUT2D eigenvalue weighted by molar-refractivity contribution is 5.82. The van der Waals surface area contributed by atoms with Gasteiger partial charge in [-0.15, -0.1) is 0 Å². The summed E-state index contributed by atoms with van der Waals surface area (Å²) in [5.74, 6) is 0. The molecule has 0 unspecified atom stereocenters. The molecule has 1 aliphatic rings. The highest BCUT2D eigenvalue weighted by Crippen LogP contribution is 2.31. The molecule has 0 spiro atoms. The van der Waals surface area contributed by atoms with E-state index in [9.17, 15) is 0 Å². The Hall–Kier alpha value is -2.61. The molecule has 0 amide bonds. The van der Waals surface area contributed by atoms with Crippen molar-refractivity contribution < 1.29 is 0 Å². The van der Waals surface area contributed by atoms with Gasteiger partial charge in [0.15, 0.2) is 0 Å². The van der Waals surface area contributed by atoms with E-state index < -0.39 is 0 Å². The third-order valence-corrected chi connectivity index (χ3v) is 4.03. The predicted molar refractivity (Wildman–Crippen MR) is 88.3 cm³/mol. The maximum atomic E-state index is 4.81. The summed E-state index contributed by atoms with van der Waals surface area (Å²) >= 11 is 0. The number of fused-ring (bicyclic) bond motifs is 2. The van der Waals surface area contributed by atoms with Gasteiger partial charge in [0, 0.05) is 30.7 Å². The molecule has 2 heteroatoms. The van der Waals surface area contributed by atoms with Crippen molar-refractivity contribution >= 4 is 22.2 Å². The average molecular weight is 272 g/mol. The lowest BCUT2D eigenvalue weighted by Gasteiger charge is -2.25. The zero-order valence-corrected chi connectivity index (χ0v) is 12.0. The van der Waals surface area contributed by atoms with Crippen LogP contribution in [0.4, 0.5) is 5.69 Å². The molecule has 0 fully saturated rings. The van der Waals surface area contributed by atoms with Crippen LogP contribution in [-0.2, 0) is 6.42 Å². The van der Waals surface area contributed by atoms with Gasteiger partial charge in [-0.1, -0.05) is 42.5 Å². The standard InChI is InChI=1S/C19H16N2/c1-21-13-16(12-15-7-3-5-9-19(15)21)18-11-10-14-6-2-4-8-17(14)20-18/h2-11,13H,12H2,1H3. The molecule has 1 aromatic heterocycles. The largest absolute Gasteiger partial charge is 0.350 e. The van der Waals surface area contributed by atoms with Crippen LogP contribution in [0.15, 0.2) is 66.9 Å². The van der Waals surface area contributed by atoms with E-state index in [1.165, 1.54) is 22.2 Å². The van der Waals surface area contributed by atoms with Crippen molar-refractivity contribution in [3.05, 3.63) is 78.1 Å². The van der Waals surface area contributed by atoms with Gasteiger partial charge in [-0.05, 0) is 29.3 Å². The quantitative estimate of drug-likeness (QED) is 0.657. The van der Waals surface area contributed by atoms with Gasteiger partial charge in [0.2, 0.25) is 0 Å². The molecule has 4 rings (SSSR count). The second kappa shape index (κ2) is 4.74. The van der Waals surface area contributed by atoms with Crippen LogP contribution in [-0.4, -0.2) is 12.0 Å². The van der Waals surface area contributed by atoms with E-state index in [0.717, 1.165) is 17.6 Å². The molecular formula is C19H16N2. The number of rotatable bonds is 1. The third kappa shape index (κ3) is 2.09. The molecule has 2 nitrogen and oxygen atoms in total. The average Bonchev–Trinajstić information content (AvgIpc) is 2.54. The van der Waals surface area contributed by atoms with Crippen LogP contribution >= 0.6 is 0 Å². The van der Waals surface area contributed by atoms with Gasteiger partial charge in [0.1, 0.15) is 0 Å². The predicted octanol–water partition coefficient (Wildman–Crippen LogP) is 4.27. The van der Waals surface area contributed by atoms with E-state index >= 15 is 0 Å². The van der Waals surface area contributed by atoms with Gasteiger partial charge in [0.25, 0.3) is 0 Å². The van der Waals surface area contributed by atoms with Gasteiger partial charge in [0.05, 0.1) is 11.2 Å². The van der Waals surface area contributed by atoms with Gasteiger partial charge in [-0.3, -0.25) is 0 Å². The second-order valence-corrected chi connectivity index (χ2v) is 5.46. The van der Waals surface area contributed by atoms with E-state index in [2.05, 4.69) is 66.7 Å². The maximum Gasteiger partial charge on any atom is 0.0709 e. The number of benzene rings is 2. The molecule has 0 saturated heterocycles. The van der Waals surface area contributed by atoms with Crippen LogP contribution in [0.2, 0.25) is 0 Å². The molecule has 0 aliphatic carbocycles. The molecule has 0 radical (unpaired) electrons. The first-order chi connectivity index (χ1) is 10.3. The summed E-state index contributed by atoms with van der Waals surface area (Å²) in [5.41, 5.74) is 6.02. The lowest BCUT2D eigenvalue weighted by molar-refractivity contribution is 1.09. The molecule has 0 saturated carbocycles. The number of hydrogen-bond donors (Lipinski definition) is 0. The Labute approximate surface area is 124 Å². The van der Waals surface area contributed by atoms with Crippen molar-refractivity contribution in [1.82, 2.24) is 4.98 Å². The highest BCUT2D eigenvalue weighted by atomic mass is 15.1. The highest BCUT2D eigenvalue weighted by Gasteiger charge is 2.16. The lowest BCUT2D eigenvalue weighted by atomic mass is 9.97. The van der Waals surface area contributed by atoms with Crippen LogP contribution < -0.4 is 4.90 Å². The first-order valence-corrected chi connectivity index (χ1v) is 7.19. The minimum absolute atomic E-state index is 0.936. The molecule has 2 heterocycles. The van der Waals surface area contributed by atoms with Crippen molar-refractivity contribution in [3.8, 4) is 0 Å². The summed E-state index contributed by atoms with van der Waals surface area (Å²) in [6.07, 6.45) is 3.13. The summed E-state index contributed by atoms with van der Waals surface area (Å²) < 4.78 is 0. The van der Waals surface area contributed by atoms with Gasteiger partial charge >= 0.3 is 0 Å². The number of anilines is 1. The number of allylic oxidation sites excluding steroid dienone is 1. The minimum atomic E-state index is 0.936. The SMILES string of the molecule is CN1C=C(c2ccc3ccccc3n2)Cc2ccccc21. The number of para-hydroxylation sites is 2. The Kier molecular flexibility index (Phi) is 2.74. The van der Waals surface area contributed by atoms with E-state index in [-0.39, 0.29) is 0 Å². The Morgan fingerprint density at radius 3 is 2.67 bits per heavy atom. The van der Waals surface area contributed by atoms with Crippen molar-refractivity contribution in [2.24, 2.45) is 0 Å². The number of aromatic nitrogens is 1. The topological polar surface area (TPSA) is 16.1 Å². The number of pyridine rings is 1. The smallest absolute Gasteiger partial charge is 0.0709 e. The first-order valence-electron chi connectivity index (χ1n) is 7.19. The molecule has 0 N–H and O–H groups in total. The normalized spacial score (nSPS) is 14.0. The molecule has 102 valence electrons. The Morgan fingerprint density at radius 1 is 0.905 bits per heavy atom. The lowest BCUT2D eigenvalue weighted by Crippen LogP contribution is -2.16. The molecule has 1 aliphatic heterocycles. The summed E-state index contributed by atoms with van der Waals surface area (Å²) in [7, 11) is 2.10. The van der Waals surface area contributed by atoms with Crippen molar-refractivity contribution in [2.75, 3.05) is 11.9 Å². The van der Waals surface area contributed by atoms with Gasteiger partial charge < -0.3 is 4.90 Å². The fourth-order valence-corrected chi connectivity index (χ4v) is 2.96. The van der Waals surface area contributed by atoms with Crippen LogP contribution in [0.5, 0.6) is 0 Å². The molecule has 3 aromatic rings. The number of hydrogen-bond acceptors (Lipinski definition) is 2. The van der Waals surface area contributed by atoms with E-state index in [4.69, 9.17) is 4.98 Å². The van der Waals surface area contributed by atoms with Gasteiger partial charge in [-0.2, -0.15) is 0 Å². The monoisotopic (exact) mass is 272 g/mol. The van der Waals surface area contributed by atoms with E-state index in [1.54, 1.807) is 0 Å². The third-order valence-electron chi connectivity index (χ3n) is 4.03. The van der Waals surface area contributed by atoms with E-state index in [0.29, 0.717) is 0 Å². The molecule has 2 aromatic carbocycles. The van der Waals surface area contributed by atoms with Crippen LogP contribution in [0.3, 0.4) is 0 Å². The number of nitrogens with zero attached hydrogens (tertiary/aromatic N) is 2. The van der Waals surface area contributed by atoms with Crippen molar-refractivity contribution in [1.29, 1.82) is 0 Å². The second-order valence-electron chi connectivity index (χ2n) is 5.46. The summed E-state index contributed by atoms with van der Waals surface area (Å²) in [6, 6.07) is 21.1. The van der Waals surface area contributed by atoms with Crippen molar-refractivity contribution in [2.45, 2.75) is 6.42 Å². The molecule has 0 bridgehead atoms. The molecule has 0 atom stereocenters. The van der Waals surface area contributed by atoms with Crippen molar-refractivity contribution in [3.63, 3.8) is 0 Å². The first kappa shape index (κ1) is 12.2. The summed E-state index contributed by atoms with van der Waals surface area (Å²) in [6.45, 7) is 0. The van der Waals surface area contributed by atoms with Crippen LogP contribution in [0.1, 0.15) is 11.3 Å². The van der Waals surface area contributed by atoms with Gasteiger partial charge in [-0.25, -0.2) is 4.98 Å². The zero-order chi connectivity index (χ0) is 14.2. The van der Waals surface area contributed by atoms with Crippen LogP contribution in [0.25, 0.3) is 16.5 Å². The zero-order valence-electron chi connectivity index (χ0n) is 12.0. The van der Waals surface area contributed by atoms with Crippen LogP contribution in [0, 0.1) is 0 Å². The fourth-order valence-electron chi connectivity index (χ4n) is 2.96.